The highest BCUT2D eigenvalue weighted by Gasteiger charge is 2.32. The third kappa shape index (κ3) is 3.99. The maximum atomic E-state index is 12.9. The van der Waals surface area contributed by atoms with Crippen molar-refractivity contribution in [2.24, 2.45) is 0 Å². The van der Waals surface area contributed by atoms with Crippen molar-refractivity contribution in [3.63, 3.8) is 0 Å². The number of hydrogen-bond acceptors (Lipinski definition) is 7. The highest BCUT2D eigenvalue weighted by Crippen LogP contribution is 2.29. The Morgan fingerprint density at radius 3 is 2.77 bits per heavy atom. The molecule has 0 radical (unpaired) electrons. The average molecular weight is 397 g/mol. The Labute approximate surface area is 158 Å². The molecule has 1 aliphatic rings. The summed E-state index contributed by atoms with van der Waals surface area (Å²) in [6.07, 6.45) is 5.35. The number of thiophene rings is 1. The van der Waals surface area contributed by atoms with Gasteiger partial charge in [-0.3, -0.25) is 0 Å². The van der Waals surface area contributed by atoms with Crippen LogP contribution >= 0.6 is 11.3 Å². The van der Waals surface area contributed by atoms with Crippen LogP contribution in [0.25, 0.3) is 0 Å². The van der Waals surface area contributed by atoms with E-state index in [2.05, 4.69) is 9.97 Å². The van der Waals surface area contributed by atoms with E-state index in [1.807, 2.05) is 32.0 Å². The number of piperidine rings is 1. The third-order valence-corrected chi connectivity index (χ3v) is 7.83. The summed E-state index contributed by atoms with van der Waals surface area (Å²) in [5, 5.41) is 0. The van der Waals surface area contributed by atoms with Crippen molar-refractivity contribution in [2.45, 2.75) is 36.5 Å². The van der Waals surface area contributed by atoms with Gasteiger partial charge in [-0.2, -0.15) is 4.31 Å². The molecule has 1 aliphatic heterocycles. The summed E-state index contributed by atoms with van der Waals surface area (Å²) in [4.78, 5) is 11.4. The molecule has 0 aliphatic carbocycles. The third-order valence-electron chi connectivity index (χ3n) is 4.27. The van der Waals surface area contributed by atoms with Crippen LogP contribution in [0.5, 0.6) is 5.88 Å². The number of anilines is 1. The molecule has 7 nitrogen and oxygen atoms in total. The van der Waals surface area contributed by atoms with Crippen LogP contribution in [0.2, 0.25) is 0 Å². The zero-order valence-corrected chi connectivity index (χ0v) is 16.9. The first-order chi connectivity index (χ1) is 12.4. The van der Waals surface area contributed by atoms with Crippen LogP contribution in [-0.2, 0) is 16.4 Å². The van der Waals surface area contributed by atoms with E-state index in [0.29, 0.717) is 29.0 Å². The van der Waals surface area contributed by atoms with Gasteiger partial charge in [-0.25, -0.2) is 18.4 Å². The fourth-order valence-electron chi connectivity index (χ4n) is 2.90. The lowest BCUT2D eigenvalue weighted by Gasteiger charge is -2.32. The number of ether oxygens (including phenoxy) is 1. The van der Waals surface area contributed by atoms with Crippen LogP contribution in [0.3, 0.4) is 0 Å². The molecule has 2 aromatic rings. The van der Waals surface area contributed by atoms with Crippen molar-refractivity contribution >= 4 is 27.2 Å². The van der Waals surface area contributed by atoms with Crippen molar-refractivity contribution in [3.8, 4) is 5.88 Å². The molecule has 1 saturated heterocycles. The molecule has 26 heavy (non-hydrogen) atoms. The summed E-state index contributed by atoms with van der Waals surface area (Å²) in [6, 6.07) is 3.59. The molecular weight excluding hydrogens is 372 g/mol. The van der Waals surface area contributed by atoms with Gasteiger partial charge < -0.3 is 9.64 Å². The lowest BCUT2D eigenvalue weighted by Crippen LogP contribution is -2.44. The molecule has 0 N–H and O–H groups in total. The van der Waals surface area contributed by atoms with Gasteiger partial charge in [0.1, 0.15) is 10.3 Å². The molecule has 2 aromatic heterocycles. The van der Waals surface area contributed by atoms with Crippen LogP contribution in [0.4, 0.5) is 5.82 Å². The standard InChI is InChI=1S/C17H24N4O3S2/c1-4-14-7-8-15(25-14)26(22,23)21-11-5-6-13(12-21)24-17-16(20(2)3)18-9-10-19-17/h7-10,13H,4-6,11-12H2,1-3H3. The first kappa shape index (κ1) is 19.1. The summed E-state index contributed by atoms with van der Waals surface area (Å²) in [5.41, 5.74) is 0. The van der Waals surface area contributed by atoms with Gasteiger partial charge in [0.25, 0.3) is 15.9 Å². The monoisotopic (exact) mass is 396 g/mol. The molecule has 0 saturated carbocycles. The van der Waals surface area contributed by atoms with Gasteiger partial charge in [-0.15, -0.1) is 11.3 Å². The Hall–Kier alpha value is -1.71. The molecule has 0 aromatic carbocycles. The second kappa shape index (κ2) is 7.89. The highest BCUT2D eigenvalue weighted by atomic mass is 32.2. The van der Waals surface area contributed by atoms with E-state index in [1.165, 1.54) is 15.6 Å². The lowest BCUT2D eigenvalue weighted by atomic mass is 10.1. The SMILES string of the molecule is CCc1ccc(S(=O)(=O)N2CCCC(Oc3nccnc3N(C)C)C2)s1. The number of sulfonamides is 1. The predicted molar refractivity (Wildman–Crippen MR) is 102 cm³/mol. The maximum absolute atomic E-state index is 12.9. The zero-order valence-electron chi connectivity index (χ0n) is 15.3. The maximum Gasteiger partial charge on any atom is 0.257 e. The van der Waals surface area contributed by atoms with E-state index >= 15 is 0 Å². The number of rotatable bonds is 6. The van der Waals surface area contributed by atoms with Gasteiger partial charge in [-0.1, -0.05) is 6.92 Å². The van der Waals surface area contributed by atoms with Crippen molar-refractivity contribution < 1.29 is 13.2 Å². The first-order valence-corrected chi connectivity index (χ1v) is 10.9. The Morgan fingerprint density at radius 2 is 2.08 bits per heavy atom. The highest BCUT2D eigenvalue weighted by molar-refractivity contribution is 7.91. The Balaban J connectivity index is 1.75. The van der Waals surface area contributed by atoms with Gasteiger partial charge in [0, 0.05) is 37.9 Å². The van der Waals surface area contributed by atoms with Crippen LogP contribution in [-0.4, -0.2) is 56.0 Å². The van der Waals surface area contributed by atoms with E-state index in [-0.39, 0.29) is 6.10 Å². The van der Waals surface area contributed by atoms with Crippen molar-refractivity contribution in [1.82, 2.24) is 14.3 Å². The van der Waals surface area contributed by atoms with Crippen molar-refractivity contribution in [2.75, 3.05) is 32.1 Å². The summed E-state index contributed by atoms with van der Waals surface area (Å²) in [7, 11) is 0.266. The summed E-state index contributed by atoms with van der Waals surface area (Å²) in [5.74, 6) is 1.07. The van der Waals surface area contributed by atoms with Gasteiger partial charge in [0.05, 0.1) is 6.54 Å². The van der Waals surface area contributed by atoms with Crippen LogP contribution in [0.15, 0.2) is 28.7 Å². The molecule has 0 bridgehead atoms. The largest absolute Gasteiger partial charge is 0.470 e. The fourth-order valence-corrected chi connectivity index (χ4v) is 5.86. The van der Waals surface area contributed by atoms with Crippen LogP contribution in [0.1, 0.15) is 24.6 Å². The molecule has 142 valence electrons. The molecule has 1 atom stereocenters. The minimum Gasteiger partial charge on any atom is -0.470 e. The second-order valence-corrected chi connectivity index (χ2v) is 9.73. The van der Waals surface area contributed by atoms with E-state index in [4.69, 9.17) is 4.74 Å². The molecule has 1 unspecified atom stereocenters. The molecular formula is C17H24N4O3S2. The molecule has 0 amide bonds. The van der Waals surface area contributed by atoms with E-state index in [0.717, 1.165) is 24.1 Å². The van der Waals surface area contributed by atoms with Gasteiger partial charge in [0.2, 0.25) is 0 Å². The van der Waals surface area contributed by atoms with Crippen molar-refractivity contribution in [3.05, 3.63) is 29.4 Å². The number of aryl methyl sites for hydroxylation is 1. The normalized spacial score (nSPS) is 18.7. The lowest BCUT2D eigenvalue weighted by molar-refractivity contribution is 0.125. The van der Waals surface area contributed by atoms with E-state index in [1.54, 1.807) is 18.5 Å². The summed E-state index contributed by atoms with van der Waals surface area (Å²) >= 11 is 1.35. The molecule has 3 rings (SSSR count). The van der Waals surface area contributed by atoms with Gasteiger partial charge in [-0.05, 0) is 31.4 Å². The number of aromatic nitrogens is 2. The number of hydrogen-bond donors (Lipinski definition) is 0. The Bertz CT molecular complexity index is 851. The Kier molecular flexibility index (Phi) is 5.79. The zero-order chi connectivity index (χ0) is 18.7. The van der Waals surface area contributed by atoms with E-state index < -0.39 is 10.0 Å². The van der Waals surface area contributed by atoms with Crippen LogP contribution in [0, 0.1) is 0 Å². The average Bonchev–Trinajstić information content (AvgIpc) is 3.12. The fraction of sp³-hybridized carbons (Fsp3) is 0.529. The first-order valence-electron chi connectivity index (χ1n) is 8.65. The van der Waals surface area contributed by atoms with Crippen molar-refractivity contribution in [1.29, 1.82) is 0 Å². The molecule has 3 heterocycles. The molecule has 1 fully saturated rings. The minimum absolute atomic E-state index is 0.237. The minimum atomic E-state index is -3.48. The summed E-state index contributed by atoms with van der Waals surface area (Å²) < 4.78 is 33.8. The number of nitrogens with zero attached hydrogens (tertiary/aromatic N) is 4. The quantitative estimate of drug-likeness (QED) is 0.746. The van der Waals surface area contributed by atoms with Gasteiger partial charge in [0.15, 0.2) is 5.82 Å². The molecule has 9 heteroatoms. The topological polar surface area (TPSA) is 75.6 Å². The smallest absolute Gasteiger partial charge is 0.257 e. The second-order valence-electron chi connectivity index (χ2n) is 6.40. The molecule has 0 spiro atoms. The van der Waals surface area contributed by atoms with Gasteiger partial charge >= 0.3 is 0 Å². The Morgan fingerprint density at radius 1 is 1.31 bits per heavy atom. The van der Waals surface area contributed by atoms with E-state index in [9.17, 15) is 8.42 Å². The predicted octanol–water partition coefficient (Wildman–Crippen LogP) is 2.40. The van der Waals surface area contributed by atoms with Crippen LogP contribution < -0.4 is 9.64 Å². The summed E-state index contributed by atoms with van der Waals surface area (Å²) in [6.45, 7) is 2.86.